The summed E-state index contributed by atoms with van der Waals surface area (Å²) in [6, 6.07) is 11.4. The van der Waals surface area contributed by atoms with Crippen LogP contribution in [-0.2, 0) is 16.1 Å². The molecule has 0 unspecified atom stereocenters. The van der Waals surface area contributed by atoms with Gasteiger partial charge >= 0.3 is 0 Å². The van der Waals surface area contributed by atoms with E-state index in [-0.39, 0.29) is 0 Å². The van der Waals surface area contributed by atoms with Gasteiger partial charge in [0.1, 0.15) is 0 Å². The first-order valence-corrected chi connectivity index (χ1v) is 11.1. The first kappa shape index (κ1) is 18.9. The van der Waals surface area contributed by atoms with E-state index in [1.165, 1.54) is 15.0 Å². The molecule has 2 saturated heterocycles. The van der Waals surface area contributed by atoms with Crippen LogP contribution in [0.2, 0.25) is 0 Å². The quantitative estimate of drug-likeness (QED) is 0.671. The number of thiophene rings is 1. The molecule has 5 heteroatoms. The molecule has 0 N–H and O–H groups in total. The number of hydrogen-bond acceptors (Lipinski definition) is 4. The number of rotatable bonds is 7. The van der Waals surface area contributed by atoms with Gasteiger partial charge < -0.3 is 9.64 Å². The molecule has 2 aromatic rings. The summed E-state index contributed by atoms with van der Waals surface area (Å²) in [4.78, 5) is 18.7. The third-order valence-corrected chi connectivity index (χ3v) is 7.08. The maximum atomic E-state index is 12.5. The molecule has 2 aliphatic rings. The number of carbonyl (C=O) groups excluding carboxylic acids is 1. The number of likely N-dealkylation sites (tertiary alicyclic amines) is 2. The first-order valence-electron chi connectivity index (χ1n) is 10.3. The van der Waals surface area contributed by atoms with Gasteiger partial charge in [-0.2, -0.15) is 0 Å². The lowest BCUT2D eigenvalue weighted by Crippen LogP contribution is -2.56. The number of fused-ring (bicyclic) bond motifs is 2. The number of hydrogen-bond donors (Lipinski definition) is 0. The molecule has 4 rings (SSSR count). The average molecular weight is 387 g/mol. The number of amides is 1. The second-order valence-electron chi connectivity index (χ2n) is 7.78. The van der Waals surface area contributed by atoms with Crippen LogP contribution in [-0.4, -0.2) is 54.6 Å². The van der Waals surface area contributed by atoms with E-state index in [1.807, 2.05) is 18.3 Å². The van der Waals surface area contributed by atoms with Crippen molar-refractivity contribution in [2.45, 2.75) is 45.2 Å². The Balaban J connectivity index is 1.35. The number of carbonyl (C=O) groups is 1. The van der Waals surface area contributed by atoms with Crippen molar-refractivity contribution in [2.24, 2.45) is 5.92 Å². The van der Waals surface area contributed by atoms with E-state index in [9.17, 15) is 4.79 Å². The lowest BCUT2D eigenvalue weighted by atomic mass is 9.83. The Morgan fingerprint density at radius 2 is 2.15 bits per heavy atom. The topological polar surface area (TPSA) is 32.8 Å². The molecule has 1 aromatic carbocycles. The fourth-order valence-electron chi connectivity index (χ4n) is 4.68. The highest BCUT2D eigenvalue weighted by Crippen LogP contribution is 2.33. The zero-order valence-electron chi connectivity index (χ0n) is 16.2. The van der Waals surface area contributed by atoms with E-state index in [4.69, 9.17) is 4.74 Å². The summed E-state index contributed by atoms with van der Waals surface area (Å²) in [7, 11) is 0. The second-order valence-corrected chi connectivity index (χ2v) is 8.95. The zero-order chi connectivity index (χ0) is 18.6. The minimum atomic E-state index is 0.353. The van der Waals surface area contributed by atoms with Crippen molar-refractivity contribution in [2.75, 3.05) is 32.8 Å². The molecule has 2 fully saturated rings. The first-order chi connectivity index (χ1) is 13.2. The maximum absolute atomic E-state index is 12.5. The second kappa shape index (κ2) is 8.72. The van der Waals surface area contributed by atoms with Crippen LogP contribution in [0.4, 0.5) is 0 Å². The van der Waals surface area contributed by atoms with Crippen molar-refractivity contribution in [3.05, 3.63) is 35.2 Å². The maximum Gasteiger partial charge on any atom is 0.222 e. The molecule has 0 spiro atoms. The van der Waals surface area contributed by atoms with Crippen LogP contribution in [0.5, 0.6) is 0 Å². The number of benzene rings is 1. The highest BCUT2D eigenvalue weighted by molar-refractivity contribution is 7.19. The van der Waals surface area contributed by atoms with Gasteiger partial charge in [0.05, 0.1) is 0 Å². The molecule has 1 amide bonds. The Kier molecular flexibility index (Phi) is 6.11. The van der Waals surface area contributed by atoms with Gasteiger partial charge in [0, 0.05) is 61.4 Å². The van der Waals surface area contributed by atoms with Crippen LogP contribution in [0.3, 0.4) is 0 Å². The standard InChI is InChI=1S/C22H30N2O2S/c1-2-26-13-5-11-24-20-10-12-23(15-18(20)8-9-22(24)25)16-19-14-17-6-3-4-7-21(17)27-19/h3-4,6-7,14,18,20H,2,5,8-13,15-16H2,1H3/t18-,20+/m1/s1. The van der Waals surface area contributed by atoms with Crippen LogP contribution >= 0.6 is 11.3 Å². The molecule has 0 bridgehead atoms. The van der Waals surface area contributed by atoms with Gasteiger partial charge in [-0.1, -0.05) is 18.2 Å². The van der Waals surface area contributed by atoms with Crippen LogP contribution in [0.1, 0.15) is 37.5 Å². The van der Waals surface area contributed by atoms with Gasteiger partial charge in [-0.15, -0.1) is 11.3 Å². The van der Waals surface area contributed by atoms with E-state index in [2.05, 4.69) is 40.1 Å². The van der Waals surface area contributed by atoms with E-state index in [1.54, 1.807) is 0 Å². The van der Waals surface area contributed by atoms with Gasteiger partial charge in [0.2, 0.25) is 5.91 Å². The smallest absolute Gasteiger partial charge is 0.222 e. The Hall–Kier alpha value is -1.43. The predicted octanol–water partition coefficient (Wildman–Crippen LogP) is 4.14. The lowest BCUT2D eigenvalue weighted by molar-refractivity contribution is -0.141. The Labute approximate surface area is 166 Å². The van der Waals surface area contributed by atoms with Crippen molar-refractivity contribution in [1.82, 2.24) is 9.80 Å². The van der Waals surface area contributed by atoms with Crippen molar-refractivity contribution >= 4 is 27.3 Å². The van der Waals surface area contributed by atoms with Gasteiger partial charge in [0.25, 0.3) is 0 Å². The monoisotopic (exact) mass is 386 g/mol. The lowest BCUT2D eigenvalue weighted by Gasteiger charge is -2.47. The molecular weight excluding hydrogens is 356 g/mol. The molecule has 1 aromatic heterocycles. The van der Waals surface area contributed by atoms with Crippen molar-refractivity contribution in [3.63, 3.8) is 0 Å². The summed E-state index contributed by atoms with van der Waals surface area (Å²) in [5, 5.41) is 1.36. The third-order valence-electron chi connectivity index (χ3n) is 5.98. The molecule has 2 atom stereocenters. The molecule has 3 heterocycles. The van der Waals surface area contributed by atoms with Gasteiger partial charge in [0.15, 0.2) is 0 Å². The molecule has 0 radical (unpaired) electrons. The van der Waals surface area contributed by atoms with E-state index in [0.717, 1.165) is 58.7 Å². The van der Waals surface area contributed by atoms with E-state index in [0.29, 0.717) is 24.3 Å². The summed E-state index contributed by atoms with van der Waals surface area (Å²) in [5.74, 6) is 0.976. The number of nitrogens with zero attached hydrogens (tertiary/aromatic N) is 2. The van der Waals surface area contributed by atoms with Crippen LogP contribution in [0.15, 0.2) is 30.3 Å². The van der Waals surface area contributed by atoms with Crippen LogP contribution in [0, 0.1) is 5.92 Å². The normalized spacial score (nSPS) is 23.7. The highest BCUT2D eigenvalue weighted by atomic mass is 32.1. The third kappa shape index (κ3) is 4.36. The Morgan fingerprint density at radius 1 is 1.26 bits per heavy atom. The summed E-state index contributed by atoms with van der Waals surface area (Å²) in [5.41, 5.74) is 0. The molecule has 146 valence electrons. The average Bonchev–Trinajstić information content (AvgIpc) is 3.09. The minimum Gasteiger partial charge on any atom is -0.382 e. The molecule has 2 aliphatic heterocycles. The SMILES string of the molecule is CCOCCCN1C(=O)CC[C@@H]2CN(Cc3cc4ccccc4s3)CC[C@@H]21. The zero-order valence-corrected chi connectivity index (χ0v) is 17.0. The van der Waals surface area contributed by atoms with Crippen molar-refractivity contribution in [3.8, 4) is 0 Å². The molecule has 4 nitrogen and oxygen atoms in total. The van der Waals surface area contributed by atoms with Crippen LogP contribution in [0.25, 0.3) is 10.1 Å². The predicted molar refractivity (Wildman–Crippen MR) is 111 cm³/mol. The fourth-order valence-corrected chi connectivity index (χ4v) is 5.78. The largest absolute Gasteiger partial charge is 0.382 e. The molecule has 27 heavy (non-hydrogen) atoms. The summed E-state index contributed by atoms with van der Waals surface area (Å²) in [6.45, 7) is 7.65. The van der Waals surface area contributed by atoms with Crippen molar-refractivity contribution in [1.29, 1.82) is 0 Å². The van der Waals surface area contributed by atoms with Crippen molar-refractivity contribution < 1.29 is 9.53 Å². The van der Waals surface area contributed by atoms with E-state index >= 15 is 0 Å². The summed E-state index contributed by atoms with van der Waals surface area (Å²) in [6.07, 6.45) is 3.82. The summed E-state index contributed by atoms with van der Waals surface area (Å²) < 4.78 is 6.84. The minimum absolute atomic E-state index is 0.353. The van der Waals surface area contributed by atoms with Gasteiger partial charge in [-0.3, -0.25) is 9.69 Å². The number of piperidine rings is 2. The van der Waals surface area contributed by atoms with Gasteiger partial charge in [-0.25, -0.2) is 0 Å². The molecule has 0 aliphatic carbocycles. The molecule has 0 saturated carbocycles. The Morgan fingerprint density at radius 3 is 3.00 bits per heavy atom. The Bertz CT molecular complexity index is 742. The van der Waals surface area contributed by atoms with Gasteiger partial charge in [-0.05, 0) is 49.6 Å². The number of ether oxygens (including phenoxy) is 1. The highest BCUT2D eigenvalue weighted by Gasteiger charge is 2.38. The van der Waals surface area contributed by atoms with E-state index < -0.39 is 0 Å². The van der Waals surface area contributed by atoms with Crippen LogP contribution < -0.4 is 0 Å². The molecular formula is C22H30N2O2S. The fraction of sp³-hybridized carbons (Fsp3) is 0.591. The summed E-state index contributed by atoms with van der Waals surface area (Å²) >= 11 is 1.92.